The molecule has 19 heavy (non-hydrogen) atoms. The highest BCUT2D eigenvalue weighted by Crippen LogP contribution is 2.26. The van der Waals surface area contributed by atoms with Gasteiger partial charge in [-0.25, -0.2) is 4.79 Å². The molecule has 0 bridgehead atoms. The Balaban J connectivity index is 2.03. The van der Waals surface area contributed by atoms with E-state index in [1.807, 2.05) is 12.1 Å². The van der Waals surface area contributed by atoms with Crippen LogP contribution in [0.4, 0.5) is 0 Å². The zero-order chi connectivity index (χ0) is 13.6. The van der Waals surface area contributed by atoms with Gasteiger partial charge in [0.25, 0.3) is 0 Å². The maximum absolute atomic E-state index is 11.5. The smallest absolute Gasteiger partial charge is 0.408 e. The first kappa shape index (κ1) is 12.4. The van der Waals surface area contributed by atoms with Crippen molar-refractivity contribution in [1.82, 2.24) is 14.4 Å². The molecule has 5 heteroatoms. The second kappa shape index (κ2) is 4.51. The summed E-state index contributed by atoms with van der Waals surface area (Å²) in [6, 6.07) is 6.42. The molecule has 0 amide bonds. The van der Waals surface area contributed by atoms with Gasteiger partial charge in [0.15, 0.2) is 5.58 Å². The highest BCUT2D eigenvalue weighted by Gasteiger charge is 2.24. The van der Waals surface area contributed by atoms with Crippen LogP contribution in [0.25, 0.3) is 11.1 Å². The van der Waals surface area contributed by atoms with E-state index in [4.69, 9.17) is 4.42 Å². The second-order valence-corrected chi connectivity index (χ2v) is 5.41. The molecule has 102 valence electrons. The van der Waals surface area contributed by atoms with Crippen LogP contribution in [0.1, 0.15) is 11.6 Å². The molecule has 0 aliphatic carbocycles. The van der Waals surface area contributed by atoms with E-state index in [-0.39, 0.29) is 5.76 Å². The third-order valence-corrected chi connectivity index (χ3v) is 4.05. The number of likely N-dealkylation sites (N-methyl/N-ethyl adjacent to an activating group) is 2. The van der Waals surface area contributed by atoms with Gasteiger partial charge in [0.2, 0.25) is 0 Å². The number of fused-ring (bicyclic) bond motifs is 1. The number of rotatable bonds is 1. The maximum atomic E-state index is 11.5. The Morgan fingerprint density at radius 1 is 1.21 bits per heavy atom. The second-order valence-electron chi connectivity index (χ2n) is 5.41. The van der Waals surface area contributed by atoms with E-state index in [1.54, 1.807) is 7.05 Å². The molecule has 1 aliphatic rings. The molecular formula is C14H19N3O2. The fraction of sp³-hybridized carbons (Fsp3) is 0.500. The van der Waals surface area contributed by atoms with E-state index in [0.717, 1.165) is 25.2 Å². The van der Waals surface area contributed by atoms with E-state index in [1.165, 1.54) is 10.1 Å². The summed E-state index contributed by atoms with van der Waals surface area (Å²) in [6.45, 7) is 3.15. The van der Waals surface area contributed by atoms with Crippen LogP contribution in [0.5, 0.6) is 0 Å². The van der Waals surface area contributed by atoms with Crippen LogP contribution in [0.3, 0.4) is 0 Å². The number of benzene rings is 1. The van der Waals surface area contributed by atoms with Crippen molar-refractivity contribution in [2.75, 3.05) is 33.7 Å². The lowest BCUT2D eigenvalue weighted by Crippen LogP contribution is -2.44. The number of hydrogen-bond donors (Lipinski definition) is 0. The van der Waals surface area contributed by atoms with E-state index < -0.39 is 0 Å². The molecule has 1 unspecified atom stereocenters. The molecule has 1 aliphatic heterocycles. The molecule has 2 heterocycles. The van der Waals surface area contributed by atoms with Crippen LogP contribution < -0.4 is 5.76 Å². The van der Waals surface area contributed by atoms with Crippen LogP contribution in [-0.2, 0) is 7.05 Å². The highest BCUT2D eigenvalue weighted by molar-refractivity contribution is 5.73. The molecule has 1 aromatic heterocycles. The molecule has 1 aromatic carbocycles. The maximum Gasteiger partial charge on any atom is 0.419 e. The third kappa shape index (κ3) is 2.09. The monoisotopic (exact) mass is 261 g/mol. The first-order chi connectivity index (χ1) is 9.06. The Labute approximate surface area is 112 Å². The van der Waals surface area contributed by atoms with Gasteiger partial charge in [-0.2, -0.15) is 0 Å². The zero-order valence-corrected chi connectivity index (χ0v) is 11.6. The van der Waals surface area contributed by atoms with Gasteiger partial charge in [0.05, 0.1) is 5.52 Å². The van der Waals surface area contributed by atoms with Gasteiger partial charge in [0, 0.05) is 32.7 Å². The molecule has 3 rings (SSSR count). The summed E-state index contributed by atoms with van der Waals surface area (Å²) in [5.74, 6) is -0.304. The quantitative estimate of drug-likeness (QED) is 0.769. The molecule has 0 radical (unpaired) electrons. The highest BCUT2D eigenvalue weighted by atomic mass is 16.4. The molecular weight excluding hydrogens is 242 g/mol. The van der Waals surface area contributed by atoms with Crippen molar-refractivity contribution in [2.45, 2.75) is 6.04 Å². The summed E-state index contributed by atoms with van der Waals surface area (Å²) in [6.07, 6.45) is 0. The molecule has 0 saturated carbocycles. The van der Waals surface area contributed by atoms with Crippen molar-refractivity contribution >= 4 is 11.1 Å². The number of aryl methyl sites for hydroxylation is 1. The van der Waals surface area contributed by atoms with Gasteiger partial charge < -0.3 is 9.32 Å². The average molecular weight is 261 g/mol. The molecule has 1 atom stereocenters. The van der Waals surface area contributed by atoms with Crippen molar-refractivity contribution in [1.29, 1.82) is 0 Å². The van der Waals surface area contributed by atoms with Gasteiger partial charge in [-0.05, 0) is 31.8 Å². The van der Waals surface area contributed by atoms with Crippen LogP contribution in [0.2, 0.25) is 0 Å². The van der Waals surface area contributed by atoms with Gasteiger partial charge in [-0.1, -0.05) is 6.07 Å². The lowest BCUT2D eigenvalue weighted by atomic mass is 10.0. The lowest BCUT2D eigenvalue weighted by Gasteiger charge is -2.37. The number of hydrogen-bond acceptors (Lipinski definition) is 4. The predicted molar refractivity (Wildman–Crippen MR) is 74.3 cm³/mol. The molecule has 0 N–H and O–H groups in total. The minimum absolute atomic E-state index is 0.304. The Hall–Kier alpha value is -1.59. The number of nitrogens with zero attached hydrogens (tertiary/aromatic N) is 3. The average Bonchev–Trinajstić information content (AvgIpc) is 2.67. The number of oxazole rings is 1. The summed E-state index contributed by atoms with van der Waals surface area (Å²) in [5, 5.41) is 0. The van der Waals surface area contributed by atoms with E-state index >= 15 is 0 Å². The Morgan fingerprint density at radius 2 is 2.00 bits per heavy atom. The topological polar surface area (TPSA) is 41.6 Å². The van der Waals surface area contributed by atoms with Crippen molar-refractivity contribution in [3.05, 3.63) is 34.3 Å². The minimum atomic E-state index is -0.304. The summed E-state index contributed by atoms with van der Waals surface area (Å²) >= 11 is 0. The molecule has 5 nitrogen and oxygen atoms in total. The van der Waals surface area contributed by atoms with Gasteiger partial charge in [0.1, 0.15) is 0 Å². The first-order valence-corrected chi connectivity index (χ1v) is 6.54. The van der Waals surface area contributed by atoms with Gasteiger partial charge >= 0.3 is 5.76 Å². The van der Waals surface area contributed by atoms with E-state index in [0.29, 0.717) is 11.6 Å². The SMILES string of the molecule is CN1CCN(C)C(c2ccc3c(c2)oc(=O)n3C)C1. The van der Waals surface area contributed by atoms with Crippen molar-refractivity contribution < 1.29 is 4.42 Å². The Morgan fingerprint density at radius 3 is 2.79 bits per heavy atom. The van der Waals surface area contributed by atoms with E-state index in [9.17, 15) is 4.79 Å². The van der Waals surface area contributed by atoms with Crippen LogP contribution in [0.15, 0.2) is 27.4 Å². The normalized spacial score (nSPS) is 22.2. The Kier molecular flexibility index (Phi) is 2.95. The van der Waals surface area contributed by atoms with Crippen LogP contribution >= 0.6 is 0 Å². The standard InChI is InChI=1S/C14H19N3O2/c1-15-6-7-16(2)12(9-15)10-4-5-11-13(8-10)19-14(18)17(11)3/h4-5,8,12H,6-7,9H2,1-3H3. The van der Waals surface area contributed by atoms with Crippen molar-refractivity contribution in [3.63, 3.8) is 0 Å². The molecule has 1 fully saturated rings. The van der Waals surface area contributed by atoms with Gasteiger partial charge in [-0.15, -0.1) is 0 Å². The van der Waals surface area contributed by atoms with Crippen LogP contribution in [-0.4, -0.2) is 48.1 Å². The van der Waals surface area contributed by atoms with Crippen molar-refractivity contribution in [3.8, 4) is 0 Å². The predicted octanol–water partition coefficient (Wildman–Crippen LogP) is 1.05. The van der Waals surface area contributed by atoms with Crippen LogP contribution in [0, 0.1) is 0 Å². The molecule has 1 saturated heterocycles. The summed E-state index contributed by atoms with van der Waals surface area (Å²) in [7, 11) is 6.01. The summed E-state index contributed by atoms with van der Waals surface area (Å²) < 4.78 is 6.81. The zero-order valence-electron chi connectivity index (χ0n) is 11.6. The summed E-state index contributed by atoms with van der Waals surface area (Å²) in [5.41, 5.74) is 2.73. The largest absolute Gasteiger partial charge is 0.419 e. The fourth-order valence-electron chi connectivity index (χ4n) is 2.73. The molecule has 2 aromatic rings. The molecule has 0 spiro atoms. The van der Waals surface area contributed by atoms with Crippen molar-refractivity contribution in [2.24, 2.45) is 7.05 Å². The lowest BCUT2D eigenvalue weighted by molar-refractivity contribution is 0.115. The third-order valence-electron chi connectivity index (χ3n) is 4.05. The summed E-state index contributed by atoms with van der Waals surface area (Å²) in [4.78, 5) is 16.2. The van der Waals surface area contributed by atoms with Gasteiger partial charge in [-0.3, -0.25) is 9.47 Å². The van der Waals surface area contributed by atoms with E-state index in [2.05, 4.69) is 30.0 Å². The first-order valence-electron chi connectivity index (χ1n) is 6.54. The number of aromatic nitrogens is 1. The minimum Gasteiger partial charge on any atom is -0.408 e. The fourth-order valence-corrected chi connectivity index (χ4v) is 2.73. The Bertz CT molecular complexity index is 658. The number of piperazine rings is 1.